The van der Waals surface area contributed by atoms with E-state index in [2.05, 4.69) is 23.6 Å². The van der Waals surface area contributed by atoms with Crippen LogP contribution in [0.5, 0.6) is 0 Å². The van der Waals surface area contributed by atoms with Gasteiger partial charge in [-0.15, -0.1) is 0 Å². The first-order chi connectivity index (χ1) is 8.65. The summed E-state index contributed by atoms with van der Waals surface area (Å²) in [4.78, 5) is 11.3. The Balaban J connectivity index is 1.68. The number of nitrogens with one attached hydrogen (secondary N) is 2. The van der Waals surface area contributed by atoms with Gasteiger partial charge in [0.05, 0.1) is 13.2 Å². The fourth-order valence-corrected chi connectivity index (χ4v) is 2.36. The van der Waals surface area contributed by atoms with Crippen LogP contribution in [0, 0.1) is 5.41 Å². The monoisotopic (exact) mass is 246 g/mol. The predicted octanol–water partition coefficient (Wildman–Crippen LogP) is 2.02. The van der Waals surface area contributed by atoms with Crippen molar-refractivity contribution in [3.05, 3.63) is 23.8 Å². The van der Waals surface area contributed by atoms with Crippen molar-refractivity contribution in [3.63, 3.8) is 0 Å². The molecule has 3 rings (SSSR count). The van der Waals surface area contributed by atoms with Crippen molar-refractivity contribution in [3.8, 4) is 0 Å². The molecular weight excluding hydrogens is 228 g/mol. The number of fused-ring (bicyclic) bond motifs is 1. The summed E-state index contributed by atoms with van der Waals surface area (Å²) < 4.78 is 5.24. The first-order valence-electron chi connectivity index (χ1n) is 6.39. The molecule has 0 saturated carbocycles. The Morgan fingerprint density at radius 2 is 2.22 bits per heavy atom. The van der Waals surface area contributed by atoms with Gasteiger partial charge in [0.1, 0.15) is 0 Å². The van der Waals surface area contributed by atoms with Crippen LogP contribution in [0.2, 0.25) is 0 Å². The highest BCUT2D eigenvalue weighted by Gasteiger charge is 2.32. The van der Waals surface area contributed by atoms with Gasteiger partial charge < -0.3 is 15.4 Å². The number of hydrogen-bond donors (Lipinski definition) is 2. The molecule has 0 atom stereocenters. The molecule has 1 saturated heterocycles. The lowest BCUT2D eigenvalue weighted by atomic mass is 9.88. The molecule has 4 heteroatoms. The van der Waals surface area contributed by atoms with Gasteiger partial charge >= 0.3 is 0 Å². The summed E-state index contributed by atoms with van der Waals surface area (Å²) in [5, 5.41) is 6.35. The predicted molar refractivity (Wildman–Crippen MR) is 70.8 cm³/mol. The molecule has 2 heterocycles. The second kappa shape index (κ2) is 4.28. The molecule has 4 nitrogen and oxygen atoms in total. The number of aryl methyl sites for hydroxylation is 1. The highest BCUT2D eigenvalue weighted by molar-refractivity contribution is 5.94. The van der Waals surface area contributed by atoms with Gasteiger partial charge in [-0.1, -0.05) is 6.92 Å². The number of ether oxygens (including phenoxy) is 1. The van der Waals surface area contributed by atoms with Crippen LogP contribution in [0.3, 0.4) is 0 Å². The summed E-state index contributed by atoms with van der Waals surface area (Å²) in [5.41, 5.74) is 3.56. The lowest BCUT2D eigenvalue weighted by molar-refractivity contribution is -0.116. The lowest BCUT2D eigenvalue weighted by Gasteiger charge is -2.38. The van der Waals surface area contributed by atoms with E-state index in [1.807, 2.05) is 12.1 Å². The Morgan fingerprint density at radius 1 is 1.39 bits per heavy atom. The van der Waals surface area contributed by atoms with Crippen LogP contribution in [-0.4, -0.2) is 25.7 Å². The van der Waals surface area contributed by atoms with Crippen molar-refractivity contribution >= 4 is 17.3 Å². The van der Waals surface area contributed by atoms with Gasteiger partial charge in [0.2, 0.25) is 5.91 Å². The van der Waals surface area contributed by atoms with Gasteiger partial charge in [-0.3, -0.25) is 4.79 Å². The summed E-state index contributed by atoms with van der Waals surface area (Å²) in [6.07, 6.45) is 1.42. The normalized spacial score (nSPS) is 20.6. The maximum absolute atomic E-state index is 11.3. The molecule has 0 aliphatic carbocycles. The number of rotatable bonds is 3. The van der Waals surface area contributed by atoms with E-state index in [9.17, 15) is 4.79 Å². The second-order valence-electron chi connectivity index (χ2n) is 5.58. The maximum Gasteiger partial charge on any atom is 0.224 e. The van der Waals surface area contributed by atoms with Gasteiger partial charge in [-0.05, 0) is 30.2 Å². The highest BCUT2D eigenvalue weighted by atomic mass is 16.5. The molecule has 1 amide bonds. The molecule has 0 radical (unpaired) electrons. The van der Waals surface area contributed by atoms with E-state index in [-0.39, 0.29) is 11.3 Å². The summed E-state index contributed by atoms with van der Waals surface area (Å²) in [6.45, 7) is 4.82. The second-order valence-corrected chi connectivity index (χ2v) is 5.58. The van der Waals surface area contributed by atoms with Crippen LogP contribution in [0.25, 0.3) is 0 Å². The molecule has 0 bridgehead atoms. The van der Waals surface area contributed by atoms with Crippen molar-refractivity contribution in [2.24, 2.45) is 5.41 Å². The van der Waals surface area contributed by atoms with E-state index in [4.69, 9.17) is 4.74 Å². The van der Waals surface area contributed by atoms with Crippen LogP contribution in [0.4, 0.5) is 11.4 Å². The highest BCUT2D eigenvalue weighted by Crippen LogP contribution is 2.29. The van der Waals surface area contributed by atoms with Crippen LogP contribution < -0.4 is 10.6 Å². The quantitative estimate of drug-likeness (QED) is 0.858. The van der Waals surface area contributed by atoms with Gasteiger partial charge in [-0.25, -0.2) is 0 Å². The molecular formula is C14H18N2O2. The zero-order valence-electron chi connectivity index (χ0n) is 10.6. The van der Waals surface area contributed by atoms with E-state index >= 15 is 0 Å². The zero-order valence-corrected chi connectivity index (χ0v) is 10.6. The number of benzene rings is 1. The Kier molecular flexibility index (Phi) is 2.74. The molecule has 0 unspecified atom stereocenters. The first-order valence-corrected chi connectivity index (χ1v) is 6.39. The van der Waals surface area contributed by atoms with Crippen LogP contribution >= 0.6 is 0 Å². The number of anilines is 2. The van der Waals surface area contributed by atoms with Gasteiger partial charge in [0, 0.05) is 29.8 Å². The van der Waals surface area contributed by atoms with E-state index in [1.165, 1.54) is 5.56 Å². The Labute approximate surface area is 107 Å². The Morgan fingerprint density at radius 3 is 2.94 bits per heavy atom. The first kappa shape index (κ1) is 11.5. The van der Waals surface area contributed by atoms with Gasteiger partial charge in [0.15, 0.2) is 0 Å². The maximum atomic E-state index is 11.3. The molecule has 2 aliphatic rings. The third-order valence-electron chi connectivity index (χ3n) is 3.62. The van der Waals surface area contributed by atoms with Gasteiger partial charge in [0.25, 0.3) is 0 Å². The minimum atomic E-state index is 0.113. The van der Waals surface area contributed by atoms with E-state index in [0.717, 1.165) is 37.6 Å². The summed E-state index contributed by atoms with van der Waals surface area (Å²) >= 11 is 0. The molecule has 18 heavy (non-hydrogen) atoms. The smallest absolute Gasteiger partial charge is 0.224 e. The van der Waals surface area contributed by atoms with Crippen LogP contribution in [0.1, 0.15) is 18.9 Å². The minimum Gasteiger partial charge on any atom is -0.384 e. The number of carbonyl (C=O) groups is 1. The fourth-order valence-electron chi connectivity index (χ4n) is 2.36. The Hall–Kier alpha value is -1.55. The average Bonchev–Trinajstić information content (AvgIpc) is 2.34. The van der Waals surface area contributed by atoms with E-state index in [0.29, 0.717) is 6.42 Å². The number of hydrogen-bond acceptors (Lipinski definition) is 3. The third kappa shape index (κ3) is 2.20. The molecule has 0 spiro atoms. The molecule has 1 fully saturated rings. The molecule has 0 aromatic heterocycles. The van der Waals surface area contributed by atoms with E-state index in [1.54, 1.807) is 0 Å². The topological polar surface area (TPSA) is 50.4 Å². The molecule has 2 aliphatic heterocycles. The zero-order chi connectivity index (χ0) is 12.6. The summed E-state index contributed by atoms with van der Waals surface area (Å²) in [5.74, 6) is 0.113. The number of carbonyl (C=O) groups excluding carboxylic acids is 1. The molecule has 1 aromatic rings. The SMILES string of the molecule is CC1(CNc2ccc3c(c2)CCC(=O)N3)COC1. The third-order valence-corrected chi connectivity index (χ3v) is 3.62. The van der Waals surface area contributed by atoms with Crippen molar-refractivity contribution in [2.75, 3.05) is 30.4 Å². The van der Waals surface area contributed by atoms with E-state index < -0.39 is 0 Å². The molecule has 96 valence electrons. The largest absolute Gasteiger partial charge is 0.384 e. The Bertz CT molecular complexity index is 481. The van der Waals surface area contributed by atoms with Crippen molar-refractivity contribution < 1.29 is 9.53 Å². The lowest BCUT2D eigenvalue weighted by Crippen LogP contribution is -2.45. The molecule has 1 aromatic carbocycles. The minimum absolute atomic E-state index is 0.113. The van der Waals surface area contributed by atoms with Crippen molar-refractivity contribution in [1.29, 1.82) is 0 Å². The summed E-state index contributed by atoms with van der Waals surface area (Å²) in [6, 6.07) is 6.14. The standard InChI is InChI=1S/C14H18N2O2/c1-14(8-18-9-14)7-15-11-3-4-12-10(6-11)2-5-13(17)16-12/h3-4,6,15H,2,5,7-9H2,1H3,(H,16,17). The average molecular weight is 246 g/mol. The van der Waals surface area contributed by atoms with Crippen molar-refractivity contribution in [1.82, 2.24) is 0 Å². The fraction of sp³-hybridized carbons (Fsp3) is 0.500. The molecule has 2 N–H and O–H groups in total. The van der Waals surface area contributed by atoms with Gasteiger partial charge in [-0.2, -0.15) is 0 Å². The summed E-state index contributed by atoms with van der Waals surface area (Å²) in [7, 11) is 0. The van der Waals surface area contributed by atoms with Crippen molar-refractivity contribution in [2.45, 2.75) is 19.8 Å². The van der Waals surface area contributed by atoms with Crippen LogP contribution in [-0.2, 0) is 16.0 Å². The van der Waals surface area contributed by atoms with Crippen LogP contribution in [0.15, 0.2) is 18.2 Å². The number of amides is 1.